The van der Waals surface area contributed by atoms with Crippen LogP contribution in [0, 0.1) is 11.6 Å². The van der Waals surface area contributed by atoms with Crippen LogP contribution in [0.5, 0.6) is 0 Å². The molecule has 5 aromatic heterocycles. The molecule has 6 aromatic carbocycles. The average molecular weight is 1570 g/mol. The summed E-state index contributed by atoms with van der Waals surface area (Å²) in [5, 5.41) is 7.17. The van der Waals surface area contributed by atoms with Crippen molar-refractivity contribution in [2.75, 3.05) is 6.54 Å². The monoisotopic (exact) mass is 1570 g/mol. The van der Waals surface area contributed by atoms with Gasteiger partial charge in [-0.1, -0.05) is 134 Å². The maximum absolute atomic E-state index is 15.5. The summed E-state index contributed by atoms with van der Waals surface area (Å²) in [6.45, 7) is 14.0. The van der Waals surface area contributed by atoms with Crippen LogP contribution in [0.4, 0.5) is 23.2 Å². The molecule has 28 heteroatoms. The van der Waals surface area contributed by atoms with Gasteiger partial charge in [-0.05, 0) is 200 Å². The van der Waals surface area contributed by atoms with Crippen LogP contribution in [0.15, 0.2) is 196 Å². The lowest BCUT2D eigenvalue weighted by Crippen LogP contribution is -2.33. The fourth-order valence-electron chi connectivity index (χ4n) is 12.3. The highest BCUT2D eigenvalue weighted by Crippen LogP contribution is 2.34. The summed E-state index contributed by atoms with van der Waals surface area (Å²) in [6.07, 6.45) is 17.4. The summed E-state index contributed by atoms with van der Waals surface area (Å²) in [4.78, 5) is 88.7. The number of alkyl carbamates (subject to hydrolysis) is 2. The summed E-state index contributed by atoms with van der Waals surface area (Å²) in [6, 6.07) is 43.7. The molecule has 11 aromatic rings. The van der Waals surface area contributed by atoms with Crippen LogP contribution in [0.2, 0.25) is 10.0 Å². The van der Waals surface area contributed by atoms with Crippen molar-refractivity contribution in [3.8, 4) is 33.9 Å². The van der Waals surface area contributed by atoms with E-state index in [-0.39, 0.29) is 58.9 Å². The van der Waals surface area contributed by atoms with Gasteiger partial charge in [0.15, 0.2) is 17.6 Å². The number of rotatable bonds is 29. The van der Waals surface area contributed by atoms with Crippen molar-refractivity contribution in [2.24, 2.45) is 32.9 Å². The second-order valence-electron chi connectivity index (χ2n) is 28.5. The van der Waals surface area contributed by atoms with Crippen molar-refractivity contribution >= 4 is 75.3 Å². The number of aryl methyl sites for hydroxylation is 2. The van der Waals surface area contributed by atoms with Gasteiger partial charge in [-0.3, -0.25) is 18.7 Å². The molecule has 0 saturated heterocycles. The Hall–Kier alpha value is -11.3. The van der Waals surface area contributed by atoms with Gasteiger partial charge < -0.3 is 57.7 Å². The Labute approximate surface area is 659 Å². The van der Waals surface area contributed by atoms with E-state index in [4.69, 9.17) is 60.3 Å². The summed E-state index contributed by atoms with van der Waals surface area (Å²) < 4.78 is 50.9. The number of fused-ring (bicyclic) bond motifs is 2. The first kappa shape index (κ1) is 84.7. The van der Waals surface area contributed by atoms with E-state index in [0.29, 0.717) is 82.0 Å². The van der Waals surface area contributed by atoms with E-state index in [1.165, 1.54) is 9.13 Å². The summed E-state index contributed by atoms with van der Waals surface area (Å²) >= 11 is 12.6. The first-order valence-electron chi connectivity index (χ1n) is 37.4. The minimum Gasteiger partial charge on any atom is -0.445 e. The molecule has 12 N–H and O–H groups in total. The van der Waals surface area contributed by atoms with Crippen molar-refractivity contribution in [3.63, 3.8) is 0 Å². The standard InChI is InChI=1S/C45H47ClFN5O5.C29H36ClFN8O.C10H15N3O2/c1-3-4-7-19-39(50-45(55)57-29-32-16-10-6-11-17-32)34-20-22-36(23-21-34)52-27-35-26-40(49-42(35)51-43(52)53)37-24-33(25-38(46)41(37)47)18-12-13-30(2)48-44(54)56-28-31-14-8-5-9-15-31;1-17(32)5-4-6-18-13-22(26(31)23(30)14-18)25-15-20-16-39(29(40)38-27(20)37-25)21-10-8-19(9-11-21)24(33)7-2-3-12-36-28(34)35;1-8(13-6-5-11-7-13)12-9(14)15-10(2,3)4/h5-6,8-11,14-17,20-27,30,39H,3-4,7,12-13,18-19,28-29H2,1-2H3,(H,48,54)(H,50,55)(H,49,51,53);8-11,13-17,24H,2-7,12,32-33H2,1H3,(H4,34,35,36)(H,37,38,40);5-7H,1-4H3/t30-,39+;17-,24+;/m00./s1. The van der Waals surface area contributed by atoms with E-state index in [1.807, 2.05) is 123 Å². The number of hydrogen-bond donors (Lipinski definition) is 8. The molecule has 0 aliphatic rings. The number of nitrogens with one attached hydrogen (secondary N) is 4. The molecule has 4 atom stereocenters. The lowest BCUT2D eigenvalue weighted by molar-refractivity contribution is 0.0603. The first-order valence-corrected chi connectivity index (χ1v) is 38.1. The van der Waals surface area contributed by atoms with E-state index in [0.717, 1.165) is 97.6 Å². The van der Waals surface area contributed by atoms with Crippen molar-refractivity contribution in [1.29, 1.82) is 0 Å². The van der Waals surface area contributed by atoms with Crippen LogP contribution >= 0.6 is 23.2 Å². The van der Waals surface area contributed by atoms with Crippen LogP contribution in [0.1, 0.15) is 165 Å². The molecule has 0 saturated carbocycles. The highest BCUT2D eigenvalue weighted by Gasteiger charge is 2.22. The fraction of sp³-hybridized carbons (Fsp3) is 0.333. The molecule has 0 bridgehead atoms. The minimum absolute atomic E-state index is 0.0172. The van der Waals surface area contributed by atoms with Crippen molar-refractivity contribution in [2.45, 2.75) is 175 Å². The zero-order chi connectivity index (χ0) is 80.4. The molecule has 0 spiro atoms. The maximum Gasteiger partial charge on any atom is 0.435 e. The van der Waals surface area contributed by atoms with Gasteiger partial charge in [0.1, 0.15) is 42.3 Å². The molecule has 0 fully saturated rings. The molecule has 0 aliphatic carbocycles. The number of guanidine groups is 1. The lowest BCUT2D eigenvalue weighted by atomic mass is 10.00. The Kier molecular flexibility index (Phi) is 31.1. The number of benzene rings is 6. The third-order valence-corrected chi connectivity index (χ3v) is 18.6. The van der Waals surface area contributed by atoms with Gasteiger partial charge in [-0.2, -0.15) is 15.0 Å². The van der Waals surface area contributed by atoms with E-state index >= 15 is 8.78 Å². The molecule has 0 radical (unpaired) electrons. The van der Waals surface area contributed by atoms with Gasteiger partial charge in [0.2, 0.25) is 0 Å². The zero-order valence-electron chi connectivity index (χ0n) is 64.0. The van der Waals surface area contributed by atoms with Crippen LogP contribution in [-0.2, 0) is 40.3 Å². The number of halogens is 4. The zero-order valence-corrected chi connectivity index (χ0v) is 65.5. The van der Waals surface area contributed by atoms with Gasteiger partial charge in [-0.25, -0.2) is 37.7 Å². The topological polar surface area (TPSA) is 351 Å². The predicted molar refractivity (Wildman–Crippen MR) is 438 cm³/mol. The Morgan fingerprint density at radius 3 is 1.60 bits per heavy atom. The van der Waals surface area contributed by atoms with E-state index in [9.17, 15) is 24.0 Å². The molecular weight excluding hydrogens is 1470 g/mol. The largest absolute Gasteiger partial charge is 0.445 e. The van der Waals surface area contributed by atoms with Crippen LogP contribution < -0.4 is 44.9 Å². The first-order chi connectivity index (χ1) is 53.7. The number of aromatic nitrogens is 8. The number of aromatic amines is 2. The number of carbonyl (C=O) groups excluding carboxylic acids is 3. The van der Waals surface area contributed by atoms with E-state index in [2.05, 4.69) is 52.5 Å². The fourth-order valence-corrected chi connectivity index (χ4v) is 12.7. The molecular formula is C84H98Cl2F2N16O8. The molecule has 3 amide bonds. The molecule has 24 nitrogen and oxygen atoms in total. The molecule has 112 heavy (non-hydrogen) atoms. The second kappa shape index (κ2) is 41.1. The summed E-state index contributed by atoms with van der Waals surface area (Å²) in [5.74, 6) is -0.488. The number of hydrogen-bond acceptors (Lipinski definition) is 14. The minimum atomic E-state index is -0.589. The van der Waals surface area contributed by atoms with Crippen molar-refractivity contribution < 1.29 is 37.4 Å². The normalized spacial score (nSPS) is 12.5. The predicted octanol–water partition coefficient (Wildman–Crippen LogP) is 16.7. The number of unbranched alkanes of at least 4 members (excludes halogenated alkanes) is 3. The summed E-state index contributed by atoms with van der Waals surface area (Å²) in [5.41, 5.74) is 30.3. The number of ether oxygens (including phenoxy) is 3. The smallest absolute Gasteiger partial charge is 0.435 e. The van der Waals surface area contributed by atoms with Gasteiger partial charge in [0, 0.05) is 71.4 Å². The number of H-pyrrole nitrogens is 2. The number of amides is 3. The number of carbonyl (C=O) groups is 3. The third-order valence-electron chi connectivity index (χ3n) is 18.1. The molecule has 0 unspecified atom stereocenters. The van der Waals surface area contributed by atoms with E-state index in [1.54, 1.807) is 99.8 Å². The molecule has 5 heterocycles. The van der Waals surface area contributed by atoms with Crippen molar-refractivity contribution in [3.05, 3.63) is 253 Å². The maximum atomic E-state index is 15.5. The second-order valence-corrected chi connectivity index (χ2v) is 29.3. The highest BCUT2D eigenvalue weighted by molar-refractivity contribution is 6.31. The summed E-state index contributed by atoms with van der Waals surface area (Å²) in [7, 11) is 0. The number of nitrogens with two attached hydrogens (primary N) is 4. The van der Waals surface area contributed by atoms with Gasteiger partial charge in [0.25, 0.3) is 0 Å². The average Bonchev–Trinajstić information content (AvgIpc) is 1.63. The highest BCUT2D eigenvalue weighted by atomic mass is 35.5. The Morgan fingerprint density at radius 1 is 0.616 bits per heavy atom. The Balaban J connectivity index is 0.000000225. The molecule has 11 rings (SSSR count). The Morgan fingerprint density at radius 2 is 1.12 bits per heavy atom. The van der Waals surface area contributed by atoms with Gasteiger partial charge >= 0.3 is 29.7 Å². The Bertz CT molecular complexity index is 5100. The quantitative estimate of drug-likeness (QED) is 0.00935. The van der Waals surface area contributed by atoms with Crippen molar-refractivity contribution in [1.82, 2.24) is 49.3 Å². The van der Waals surface area contributed by atoms with Gasteiger partial charge in [0.05, 0.1) is 38.8 Å². The number of aliphatic imine (C=N–C) groups is 2. The lowest BCUT2D eigenvalue weighted by Gasteiger charge is -2.19. The number of nitrogens with zero attached hydrogens (tertiary/aromatic N) is 8. The molecule has 590 valence electrons. The van der Waals surface area contributed by atoms with Crippen LogP contribution in [-0.4, -0.2) is 92.9 Å². The molecule has 0 aliphatic heterocycles. The van der Waals surface area contributed by atoms with Crippen LogP contribution in [0.3, 0.4) is 0 Å². The third kappa shape index (κ3) is 25.6. The SMILES string of the molecule is CC(=NC(=O)OC(C)(C)C)n1ccnc1.CCCCC[C@@H](NC(=O)OCc1ccccc1)c1ccc(-n2cc3cc(-c4cc(CCC[C@H](C)NC(=O)OCc5ccccc5)cc(Cl)c4F)[nH]c3nc2=O)cc1.C[C@H](N)CCCc1cc(Cl)c(F)c(-c2cc3cn(-c4ccc([C@H](N)CCCCN=C(N)N)cc4)c(=O)nc3[nH]2)c1. The van der Waals surface area contributed by atoms with Gasteiger partial charge in [-0.15, -0.1) is 0 Å². The number of imidazole rings is 1. The van der Waals surface area contributed by atoms with Crippen LogP contribution in [0.25, 0.3) is 56.0 Å². The van der Waals surface area contributed by atoms with E-state index < -0.39 is 46.9 Å².